The number of para-hydroxylation sites is 2. The van der Waals surface area contributed by atoms with Crippen LogP contribution in [-0.4, -0.2) is 20.7 Å². The Morgan fingerprint density at radius 3 is 2.72 bits per heavy atom. The van der Waals surface area contributed by atoms with Crippen molar-refractivity contribution in [3.05, 3.63) is 89.4 Å². The van der Waals surface area contributed by atoms with Gasteiger partial charge in [0.2, 0.25) is 0 Å². The van der Waals surface area contributed by atoms with E-state index in [4.69, 9.17) is 4.74 Å². The van der Waals surface area contributed by atoms with E-state index in [0.29, 0.717) is 5.69 Å². The Kier molecular flexibility index (Phi) is 4.35. The molecule has 5 nitrogen and oxygen atoms in total. The lowest BCUT2D eigenvalue weighted by Crippen LogP contribution is -2.12. The van der Waals surface area contributed by atoms with Gasteiger partial charge in [0.1, 0.15) is 6.10 Å². The molecule has 0 saturated carbocycles. The van der Waals surface area contributed by atoms with Gasteiger partial charge in [0, 0.05) is 28.4 Å². The van der Waals surface area contributed by atoms with Gasteiger partial charge < -0.3 is 4.74 Å². The summed E-state index contributed by atoms with van der Waals surface area (Å²) in [5.41, 5.74) is 5.33. The van der Waals surface area contributed by atoms with Gasteiger partial charge in [-0.25, -0.2) is 9.48 Å². The van der Waals surface area contributed by atoms with Crippen molar-refractivity contribution in [1.82, 2.24) is 14.8 Å². The molecule has 0 fully saturated rings. The number of hydrogen-bond acceptors (Lipinski definition) is 4. The fourth-order valence-electron chi connectivity index (χ4n) is 3.98. The molecule has 1 unspecified atom stereocenters. The molecule has 144 valence electrons. The van der Waals surface area contributed by atoms with E-state index in [2.05, 4.69) is 10.1 Å². The molecule has 2 aromatic heterocycles. The quantitative estimate of drug-likeness (QED) is 0.474. The second-order valence-electron chi connectivity index (χ2n) is 7.38. The molecule has 0 saturated heterocycles. The summed E-state index contributed by atoms with van der Waals surface area (Å²) in [4.78, 5) is 17.5. The zero-order valence-corrected chi connectivity index (χ0v) is 16.2. The number of carbonyl (C=O) groups excluding carboxylic acids is 1. The first-order chi connectivity index (χ1) is 14.2. The SMILES string of the molecule is CC(OC(=O)c1nn(-c2ccccc2)c2c1CCC2)c1cnc2ccccc2c1. The van der Waals surface area contributed by atoms with Crippen molar-refractivity contribution < 1.29 is 9.53 Å². The smallest absolute Gasteiger partial charge is 0.359 e. The van der Waals surface area contributed by atoms with Crippen LogP contribution in [0.15, 0.2) is 66.9 Å². The molecule has 2 aromatic carbocycles. The van der Waals surface area contributed by atoms with Crippen molar-refractivity contribution in [3.63, 3.8) is 0 Å². The summed E-state index contributed by atoms with van der Waals surface area (Å²) in [6.07, 6.45) is 4.18. The van der Waals surface area contributed by atoms with Gasteiger partial charge in [-0.3, -0.25) is 4.98 Å². The lowest BCUT2D eigenvalue weighted by atomic mass is 10.1. The van der Waals surface area contributed by atoms with E-state index in [1.165, 1.54) is 0 Å². The van der Waals surface area contributed by atoms with Crippen LogP contribution < -0.4 is 0 Å². The van der Waals surface area contributed by atoms with Gasteiger partial charge in [-0.15, -0.1) is 0 Å². The Balaban J connectivity index is 1.43. The number of carbonyl (C=O) groups is 1. The summed E-state index contributed by atoms with van der Waals surface area (Å²) < 4.78 is 7.68. The van der Waals surface area contributed by atoms with Crippen LogP contribution in [0.25, 0.3) is 16.6 Å². The number of fused-ring (bicyclic) bond motifs is 2. The second kappa shape index (κ2) is 7.17. The largest absolute Gasteiger partial charge is 0.453 e. The molecular weight excluding hydrogens is 362 g/mol. The van der Waals surface area contributed by atoms with E-state index in [0.717, 1.165) is 52.7 Å². The first-order valence-electron chi connectivity index (χ1n) is 9.92. The number of ether oxygens (including phenoxy) is 1. The van der Waals surface area contributed by atoms with E-state index >= 15 is 0 Å². The number of rotatable bonds is 4. The van der Waals surface area contributed by atoms with Crippen molar-refractivity contribution in [2.45, 2.75) is 32.3 Å². The van der Waals surface area contributed by atoms with E-state index in [1.54, 1.807) is 6.20 Å². The van der Waals surface area contributed by atoms with Crippen LogP contribution in [0, 0.1) is 0 Å². The minimum Gasteiger partial charge on any atom is -0.453 e. The Hall–Kier alpha value is -3.47. The lowest BCUT2D eigenvalue weighted by molar-refractivity contribution is 0.0328. The van der Waals surface area contributed by atoms with Gasteiger partial charge in [-0.05, 0) is 50.5 Å². The molecular formula is C24H21N3O2. The number of benzene rings is 2. The topological polar surface area (TPSA) is 57.0 Å². The lowest BCUT2D eigenvalue weighted by Gasteiger charge is -2.13. The standard InChI is InChI=1S/C24H21N3O2/c1-16(18-14-17-8-5-6-12-21(17)25-15-18)29-24(28)23-20-11-7-13-22(20)27(26-23)19-9-3-2-4-10-19/h2-6,8-10,12,14-16H,7,11,13H2,1H3. The average molecular weight is 383 g/mol. The zero-order chi connectivity index (χ0) is 19.8. The molecule has 5 heteroatoms. The third-order valence-corrected chi connectivity index (χ3v) is 5.49. The van der Waals surface area contributed by atoms with E-state index in [1.807, 2.05) is 72.3 Å². The van der Waals surface area contributed by atoms with Gasteiger partial charge >= 0.3 is 5.97 Å². The van der Waals surface area contributed by atoms with Gasteiger partial charge in [0.15, 0.2) is 5.69 Å². The molecule has 1 aliphatic rings. The summed E-state index contributed by atoms with van der Waals surface area (Å²) in [5, 5.41) is 5.65. The van der Waals surface area contributed by atoms with Crippen LogP contribution >= 0.6 is 0 Å². The summed E-state index contributed by atoms with van der Waals surface area (Å²) in [5.74, 6) is -0.376. The van der Waals surface area contributed by atoms with Crippen LogP contribution in [0.2, 0.25) is 0 Å². The molecule has 0 N–H and O–H groups in total. The Morgan fingerprint density at radius 2 is 1.86 bits per heavy atom. The fraction of sp³-hybridized carbons (Fsp3) is 0.208. The third-order valence-electron chi connectivity index (χ3n) is 5.49. The van der Waals surface area contributed by atoms with Crippen molar-refractivity contribution in [2.75, 3.05) is 0 Å². The minimum absolute atomic E-state index is 0.376. The molecule has 4 aromatic rings. The maximum Gasteiger partial charge on any atom is 0.359 e. The predicted molar refractivity (Wildman–Crippen MR) is 111 cm³/mol. The maximum atomic E-state index is 13.0. The van der Waals surface area contributed by atoms with Gasteiger partial charge in [-0.2, -0.15) is 5.10 Å². The maximum absolute atomic E-state index is 13.0. The molecule has 0 aliphatic heterocycles. The van der Waals surface area contributed by atoms with Gasteiger partial charge in [-0.1, -0.05) is 36.4 Å². The first-order valence-corrected chi connectivity index (χ1v) is 9.92. The average Bonchev–Trinajstić information content (AvgIpc) is 3.36. The van der Waals surface area contributed by atoms with Crippen molar-refractivity contribution in [1.29, 1.82) is 0 Å². The summed E-state index contributed by atoms with van der Waals surface area (Å²) >= 11 is 0. The summed E-state index contributed by atoms with van der Waals surface area (Å²) in [6, 6.07) is 19.9. The number of nitrogens with zero attached hydrogens (tertiary/aromatic N) is 3. The predicted octanol–water partition coefficient (Wildman–Crippen LogP) is 4.83. The number of aromatic nitrogens is 3. The molecule has 0 amide bonds. The van der Waals surface area contributed by atoms with Crippen LogP contribution in [0.5, 0.6) is 0 Å². The summed E-state index contributed by atoms with van der Waals surface area (Å²) in [7, 11) is 0. The van der Waals surface area contributed by atoms with E-state index in [9.17, 15) is 4.79 Å². The molecule has 0 bridgehead atoms. The Labute approximate surface area is 169 Å². The van der Waals surface area contributed by atoms with Gasteiger partial charge in [0.05, 0.1) is 11.2 Å². The molecule has 1 aliphatic carbocycles. The van der Waals surface area contributed by atoms with Gasteiger partial charge in [0.25, 0.3) is 0 Å². The highest BCUT2D eigenvalue weighted by Crippen LogP contribution is 2.29. The van der Waals surface area contributed by atoms with E-state index < -0.39 is 6.10 Å². The zero-order valence-electron chi connectivity index (χ0n) is 16.2. The molecule has 29 heavy (non-hydrogen) atoms. The molecule has 0 radical (unpaired) electrons. The van der Waals surface area contributed by atoms with Crippen LogP contribution in [-0.2, 0) is 17.6 Å². The number of hydrogen-bond donors (Lipinski definition) is 0. The molecule has 5 rings (SSSR count). The van der Waals surface area contributed by atoms with E-state index in [-0.39, 0.29) is 5.97 Å². The number of esters is 1. The van der Waals surface area contributed by atoms with Crippen molar-refractivity contribution in [2.24, 2.45) is 0 Å². The molecule has 2 heterocycles. The first kappa shape index (κ1) is 17.6. The number of pyridine rings is 1. The normalized spacial score (nSPS) is 14.0. The minimum atomic E-state index is -0.404. The fourth-order valence-corrected chi connectivity index (χ4v) is 3.98. The monoisotopic (exact) mass is 383 g/mol. The highest BCUT2D eigenvalue weighted by Gasteiger charge is 2.28. The highest BCUT2D eigenvalue weighted by molar-refractivity contribution is 5.90. The third kappa shape index (κ3) is 3.18. The molecule has 1 atom stereocenters. The Morgan fingerprint density at radius 1 is 1.07 bits per heavy atom. The summed E-state index contributed by atoms with van der Waals surface area (Å²) in [6.45, 7) is 1.87. The van der Waals surface area contributed by atoms with Crippen molar-refractivity contribution in [3.8, 4) is 5.69 Å². The van der Waals surface area contributed by atoms with Crippen LogP contribution in [0.3, 0.4) is 0 Å². The second-order valence-corrected chi connectivity index (χ2v) is 7.38. The van der Waals surface area contributed by atoms with Crippen LogP contribution in [0.1, 0.15) is 46.8 Å². The molecule has 0 spiro atoms. The Bertz CT molecular complexity index is 1200. The van der Waals surface area contributed by atoms with Crippen molar-refractivity contribution >= 4 is 16.9 Å². The van der Waals surface area contributed by atoms with Crippen LogP contribution in [0.4, 0.5) is 0 Å². The highest BCUT2D eigenvalue weighted by atomic mass is 16.5.